The fourth-order valence-electron chi connectivity index (χ4n) is 1.83. The normalized spacial score (nSPS) is 10.1. The second-order valence-electron chi connectivity index (χ2n) is 4.02. The van der Waals surface area contributed by atoms with Crippen molar-refractivity contribution in [3.05, 3.63) is 58.1 Å². The van der Waals surface area contributed by atoms with Gasteiger partial charge < -0.3 is 9.84 Å². The summed E-state index contributed by atoms with van der Waals surface area (Å²) in [5.74, 6) is -0.562. The van der Waals surface area contributed by atoms with E-state index < -0.39 is 10.9 Å². The van der Waals surface area contributed by atoms with Crippen LogP contribution in [0.2, 0.25) is 0 Å². The highest BCUT2D eigenvalue weighted by Gasteiger charge is 2.18. The summed E-state index contributed by atoms with van der Waals surface area (Å²) in [5.41, 5.74) is 0.626. The number of carboxylic acids is 1. The highest BCUT2D eigenvalue weighted by Crippen LogP contribution is 2.31. The lowest BCUT2D eigenvalue weighted by molar-refractivity contribution is -0.384. The van der Waals surface area contributed by atoms with E-state index in [1.807, 2.05) is 0 Å². The maximum Gasteiger partial charge on any atom is 0.335 e. The average Bonchev–Trinajstić information content (AvgIpc) is 2.46. The molecule has 0 heterocycles. The Morgan fingerprint density at radius 1 is 1.20 bits per heavy atom. The van der Waals surface area contributed by atoms with Gasteiger partial charge in [0.05, 0.1) is 23.2 Å². The maximum atomic E-state index is 11.1. The van der Waals surface area contributed by atoms with E-state index >= 15 is 0 Å². The monoisotopic (exact) mass is 273 g/mol. The lowest BCUT2D eigenvalue weighted by Crippen LogP contribution is -1.99. The van der Waals surface area contributed by atoms with Crippen molar-refractivity contribution in [2.24, 2.45) is 0 Å². The Morgan fingerprint density at radius 2 is 1.85 bits per heavy atom. The molecule has 0 aromatic heterocycles. The van der Waals surface area contributed by atoms with Gasteiger partial charge in [0.2, 0.25) is 0 Å². The summed E-state index contributed by atoms with van der Waals surface area (Å²) in [7, 11) is 1.53. The summed E-state index contributed by atoms with van der Waals surface area (Å²) < 4.78 is 5.02. The van der Waals surface area contributed by atoms with E-state index in [0.29, 0.717) is 16.9 Å². The molecule has 0 atom stereocenters. The van der Waals surface area contributed by atoms with Gasteiger partial charge in [0.15, 0.2) is 0 Å². The van der Waals surface area contributed by atoms with Gasteiger partial charge >= 0.3 is 5.97 Å². The van der Waals surface area contributed by atoms with Crippen LogP contribution in [-0.2, 0) is 0 Å². The van der Waals surface area contributed by atoms with Crippen LogP contribution >= 0.6 is 0 Å². The Balaban J connectivity index is 2.54. The molecule has 20 heavy (non-hydrogen) atoms. The molecule has 0 aliphatic heterocycles. The Kier molecular flexibility index (Phi) is 3.65. The standard InChI is InChI=1S/C14H11NO5/c1-20-11-5-2-9(3-6-11)12-7-4-10(14(16)17)8-13(12)15(18)19/h2-8H,1H3,(H,16,17). The zero-order chi connectivity index (χ0) is 14.7. The molecule has 2 rings (SSSR count). The van der Waals surface area contributed by atoms with E-state index in [1.54, 1.807) is 24.3 Å². The molecule has 6 heteroatoms. The number of carboxylic acid groups (broad SMARTS) is 1. The number of benzene rings is 2. The minimum Gasteiger partial charge on any atom is -0.497 e. The van der Waals surface area contributed by atoms with Crippen molar-refractivity contribution in [1.82, 2.24) is 0 Å². The van der Waals surface area contributed by atoms with Gasteiger partial charge in [-0.3, -0.25) is 10.1 Å². The largest absolute Gasteiger partial charge is 0.497 e. The molecule has 0 aliphatic carbocycles. The smallest absolute Gasteiger partial charge is 0.335 e. The molecule has 0 aliphatic rings. The molecule has 0 saturated carbocycles. The molecule has 0 unspecified atom stereocenters. The molecule has 1 N–H and O–H groups in total. The molecule has 6 nitrogen and oxygen atoms in total. The van der Waals surface area contributed by atoms with Crippen LogP contribution in [0.4, 0.5) is 5.69 Å². The van der Waals surface area contributed by atoms with Crippen molar-refractivity contribution in [3.63, 3.8) is 0 Å². The van der Waals surface area contributed by atoms with Crippen molar-refractivity contribution in [2.75, 3.05) is 7.11 Å². The SMILES string of the molecule is COc1ccc(-c2ccc(C(=O)O)cc2[N+](=O)[O-])cc1. The fourth-order valence-corrected chi connectivity index (χ4v) is 1.83. The highest BCUT2D eigenvalue weighted by molar-refractivity contribution is 5.90. The third-order valence-electron chi connectivity index (χ3n) is 2.84. The molecule has 0 amide bonds. The van der Waals surface area contributed by atoms with Gasteiger partial charge in [-0.15, -0.1) is 0 Å². The van der Waals surface area contributed by atoms with E-state index in [-0.39, 0.29) is 11.3 Å². The van der Waals surface area contributed by atoms with Gasteiger partial charge in [-0.25, -0.2) is 4.79 Å². The third kappa shape index (κ3) is 2.59. The van der Waals surface area contributed by atoms with Crippen LogP contribution in [-0.4, -0.2) is 23.1 Å². The van der Waals surface area contributed by atoms with Crippen LogP contribution < -0.4 is 4.74 Å². The summed E-state index contributed by atoms with van der Waals surface area (Å²) in [6.45, 7) is 0. The number of methoxy groups -OCH3 is 1. The second-order valence-corrected chi connectivity index (χ2v) is 4.02. The number of rotatable bonds is 4. The number of nitrogens with zero attached hydrogens (tertiary/aromatic N) is 1. The van der Waals surface area contributed by atoms with E-state index in [2.05, 4.69) is 0 Å². The predicted molar refractivity (Wildman–Crippen MR) is 72.0 cm³/mol. The van der Waals surface area contributed by atoms with Crippen molar-refractivity contribution in [2.45, 2.75) is 0 Å². The first-order chi connectivity index (χ1) is 9.52. The van der Waals surface area contributed by atoms with Gasteiger partial charge in [-0.1, -0.05) is 12.1 Å². The van der Waals surface area contributed by atoms with Crippen molar-refractivity contribution >= 4 is 11.7 Å². The average molecular weight is 273 g/mol. The Morgan fingerprint density at radius 3 is 2.35 bits per heavy atom. The van der Waals surface area contributed by atoms with E-state index in [9.17, 15) is 14.9 Å². The van der Waals surface area contributed by atoms with Crippen LogP contribution in [0.15, 0.2) is 42.5 Å². The van der Waals surface area contributed by atoms with E-state index in [0.717, 1.165) is 6.07 Å². The number of aromatic carboxylic acids is 1. The molecule has 0 bridgehead atoms. The molecule has 0 radical (unpaired) electrons. The lowest BCUT2D eigenvalue weighted by Gasteiger charge is -2.05. The predicted octanol–water partition coefficient (Wildman–Crippen LogP) is 2.97. The molecule has 2 aromatic carbocycles. The van der Waals surface area contributed by atoms with Gasteiger partial charge in [-0.2, -0.15) is 0 Å². The molecule has 0 spiro atoms. The molecular weight excluding hydrogens is 262 g/mol. The topological polar surface area (TPSA) is 89.7 Å². The van der Waals surface area contributed by atoms with Crippen molar-refractivity contribution in [1.29, 1.82) is 0 Å². The van der Waals surface area contributed by atoms with E-state index in [4.69, 9.17) is 9.84 Å². The van der Waals surface area contributed by atoms with Gasteiger partial charge in [-0.05, 0) is 29.8 Å². The first-order valence-corrected chi connectivity index (χ1v) is 5.69. The first kappa shape index (κ1) is 13.5. The summed E-state index contributed by atoms with van der Waals surface area (Å²) in [6.07, 6.45) is 0. The van der Waals surface area contributed by atoms with Crippen LogP contribution in [0.5, 0.6) is 5.75 Å². The Hall–Kier alpha value is -2.89. The maximum absolute atomic E-state index is 11.1. The summed E-state index contributed by atoms with van der Waals surface area (Å²) in [4.78, 5) is 21.4. The zero-order valence-electron chi connectivity index (χ0n) is 10.6. The number of carbonyl (C=O) groups is 1. The number of hydrogen-bond acceptors (Lipinski definition) is 4. The molecule has 0 saturated heterocycles. The molecule has 102 valence electrons. The third-order valence-corrected chi connectivity index (χ3v) is 2.84. The quantitative estimate of drug-likeness (QED) is 0.683. The molecular formula is C14H11NO5. The number of ether oxygens (including phenoxy) is 1. The van der Waals surface area contributed by atoms with Gasteiger partial charge in [0, 0.05) is 6.07 Å². The summed E-state index contributed by atoms with van der Waals surface area (Å²) in [5, 5.41) is 20.0. The van der Waals surface area contributed by atoms with Crippen LogP contribution in [0.25, 0.3) is 11.1 Å². The minimum absolute atomic E-state index is 0.117. The first-order valence-electron chi connectivity index (χ1n) is 5.69. The molecule has 2 aromatic rings. The van der Waals surface area contributed by atoms with Crippen LogP contribution in [0, 0.1) is 10.1 Å². The summed E-state index contributed by atoms with van der Waals surface area (Å²) in [6, 6.07) is 10.6. The van der Waals surface area contributed by atoms with Crippen molar-refractivity contribution < 1.29 is 19.6 Å². The second kappa shape index (κ2) is 5.40. The summed E-state index contributed by atoms with van der Waals surface area (Å²) >= 11 is 0. The lowest BCUT2D eigenvalue weighted by atomic mass is 10.0. The van der Waals surface area contributed by atoms with Gasteiger partial charge in [0.1, 0.15) is 5.75 Å². The highest BCUT2D eigenvalue weighted by atomic mass is 16.6. The Labute approximate surface area is 114 Å². The number of hydrogen-bond donors (Lipinski definition) is 1. The fraction of sp³-hybridized carbons (Fsp3) is 0.0714. The number of nitro groups is 1. The van der Waals surface area contributed by atoms with Crippen LogP contribution in [0.3, 0.4) is 0 Å². The number of nitro benzene ring substituents is 1. The Bertz CT molecular complexity index is 664. The van der Waals surface area contributed by atoms with Crippen molar-refractivity contribution in [3.8, 4) is 16.9 Å². The van der Waals surface area contributed by atoms with Crippen LogP contribution in [0.1, 0.15) is 10.4 Å². The molecule has 0 fully saturated rings. The zero-order valence-corrected chi connectivity index (χ0v) is 10.6. The van der Waals surface area contributed by atoms with E-state index in [1.165, 1.54) is 19.2 Å². The minimum atomic E-state index is -1.20. The van der Waals surface area contributed by atoms with Gasteiger partial charge in [0.25, 0.3) is 5.69 Å².